The van der Waals surface area contributed by atoms with Gasteiger partial charge in [0.1, 0.15) is 0 Å². The lowest BCUT2D eigenvalue weighted by molar-refractivity contribution is -0.117. The molecule has 1 aromatic rings. The maximum absolute atomic E-state index is 12.2. The summed E-state index contributed by atoms with van der Waals surface area (Å²) in [7, 11) is -0.518. The summed E-state index contributed by atoms with van der Waals surface area (Å²) in [6, 6.07) is 3.18. The number of carbonyl (C=O) groups excluding carboxylic acids is 1. The molecule has 0 bridgehead atoms. The second-order valence-electron chi connectivity index (χ2n) is 6.01. The van der Waals surface area contributed by atoms with Crippen LogP contribution in [0.1, 0.15) is 24.5 Å². The molecule has 1 amide bonds. The van der Waals surface area contributed by atoms with E-state index < -0.39 is 10.0 Å². The molecule has 1 aromatic carbocycles. The van der Waals surface area contributed by atoms with Crippen LogP contribution in [0.15, 0.2) is 17.0 Å². The summed E-state index contributed by atoms with van der Waals surface area (Å²) in [5, 5.41) is 2.87. The third-order valence-electron chi connectivity index (χ3n) is 4.12. The molecule has 1 aliphatic carbocycles. The summed E-state index contributed by atoms with van der Waals surface area (Å²) in [6.45, 7) is 5.77. The summed E-state index contributed by atoms with van der Waals surface area (Å²) in [5.41, 5.74) is 2.32. The number of anilines is 1. The number of amides is 1. The van der Waals surface area contributed by atoms with Gasteiger partial charge in [0.25, 0.3) is 0 Å². The van der Waals surface area contributed by atoms with Gasteiger partial charge in [-0.25, -0.2) is 12.7 Å². The van der Waals surface area contributed by atoms with Crippen molar-refractivity contribution >= 4 is 21.6 Å². The predicted molar refractivity (Wildman–Crippen MR) is 82.7 cm³/mol. The number of rotatable bonds is 4. The molecule has 21 heavy (non-hydrogen) atoms. The molecule has 2 rings (SSSR count). The molecular formula is C15H22N2O3S. The number of hydrogen-bond acceptors (Lipinski definition) is 3. The Kier molecular flexibility index (Phi) is 4.13. The van der Waals surface area contributed by atoms with Gasteiger partial charge in [0.2, 0.25) is 15.9 Å². The van der Waals surface area contributed by atoms with Crippen molar-refractivity contribution < 1.29 is 13.2 Å². The zero-order valence-corrected chi connectivity index (χ0v) is 13.9. The number of nitrogens with zero attached hydrogens (tertiary/aromatic N) is 1. The van der Waals surface area contributed by atoms with Gasteiger partial charge in [-0.1, -0.05) is 6.92 Å². The number of carbonyl (C=O) groups is 1. The zero-order valence-electron chi connectivity index (χ0n) is 13.1. The van der Waals surface area contributed by atoms with Crippen LogP contribution in [0, 0.1) is 25.7 Å². The first-order chi connectivity index (χ1) is 9.64. The lowest BCUT2D eigenvalue weighted by Crippen LogP contribution is -2.23. The SMILES string of the molecule is Cc1cc(S(=O)(=O)N(C)C)cc(NC(=O)C2CC2C)c1C. The molecule has 2 unspecified atom stereocenters. The first-order valence-corrected chi connectivity index (χ1v) is 8.43. The van der Waals surface area contributed by atoms with Crippen LogP contribution < -0.4 is 5.32 Å². The molecule has 0 radical (unpaired) electrons. The fourth-order valence-corrected chi connectivity index (χ4v) is 3.24. The average Bonchev–Trinajstić information content (AvgIpc) is 3.11. The number of aryl methyl sites for hydroxylation is 1. The van der Waals surface area contributed by atoms with Gasteiger partial charge < -0.3 is 5.32 Å². The molecule has 1 N–H and O–H groups in total. The lowest BCUT2D eigenvalue weighted by Gasteiger charge is -2.16. The molecule has 0 aliphatic heterocycles. The van der Waals surface area contributed by atoms with Crippen molar-refractivity contribution in [2.45, 2.75) is 32.1 Å². The molecule has 0 spiro atoms. The van der Waals surface area contributed by atoms with Crippen LogP contribution in [0.4, 0.5) is 5.69 Å². The summed E-state index contributed by atoms with van der Waals surface area (Å²) < 4.78 is 25.7. The molecular weight excluding hydrogens is 288 g/mol. The summed E-state index contributed by atoms with van der Waals surface area (Å²) >= 11 is 0. The normalized spacial score (nSPS) is 21.4. The van der Waals surface area contributed by atoms with Crippen molar-refractivity contribution in [2.75, 3.05) is 19.4 Å². The first kappa shape index (κ1) is 16.0. The van der Waals surface area contributed by atoms with Gasteiger partial charge in [0, 0.05) is 25.7 Å². The number of hydrogen-bond donors (Lipinski definition) is 1. The van der Waals surface area contributed by atoms with Gasteiger partial charge in [-0.15, -0.1) is 0 Å². The highest BCUT2D eigenvalue weighted by atomic mass is 32.2. The van der Waals surface area contributed by atoms with Crippen LogP contribution in [-0.2, 0) is 14.8 Å². The quantitative estimate of drug-likeness (QED) is 0.926. The van der Waals surface area contributed by atoms with E-state index in [0.29, 0.717) is 11.6 Å². The van der Waals surface area contributed by atoms with E-state index in [-0.39, 0.29) is 16.7 Å². The second kappa shape index (κ2) is 5.42. The molecule has 0 heterocycles. The van der Waals surface area contributed by atoms with Crippen molar-refractivity contribution in [3.05, 3.63) is 23.3 Å². The van der Waals surface area contributed by atoms with E-state index in [2.05, 4.69) is 5.32 Å². The standard InChI is InChI=1S/C15H22N2O3S/c1-9-6-12(21(19,20)17(4)5)8-14(11(9)3)16-15(18)13-7-10(13)2/h6,8,10,13H,7H2,1-5H3,(H,16,18). The molecule has 6 heteroatoms. The molecule has 5 nitrogen and oxygen atoms in total. The van der Waals surface area contributed by atoms with E-state index in [0.717, 1.165) is 17.5 Å². The van der Waals surface area contributed by atoms with Gasteiger partial charge in [-0.2, -0.15) is 0 Å². The zero-order chi connectivity index (χ0) is 15.9. The monoisotopic (exact) mass is 310 g/mol. The van der Waals surface area contributed by atoms with Crippen molar-refractivity contribution in [1.29, 1.82) is 0 Å². The predicted octanol–water partition coefficient (Wildman–Crippen LogP) is 2.15. The molecule has 116 valence electrons. The largest absolute Gasteiger partial charge is 0.326 e. The fraction of sp³-hybridized carbons (Fsp3) is 0.533. The second-order valence-corrected chi connectivity index (χ2v) is 8.16. The average molecular weight is 310 g/mol. The van der Waals surface area contributed by atoms with Crippen LogP contribution in [0.5, 0.6) is 0 Å². The van der Waals surface area contributed by atoms with Gasteiger partial charge in [-0.3, -0.25) is 4.79 Å². The fourth-order valence-electron chi connectivity index (χ4n) is 2.23. The van der Waals surface area contributed by atoms with Gasteiger partial charge in [-0.05, 0) is 49.4 Å². The van der Waals surface area contributed by atoms with E-state index in [1.807, 2.05) is 20.8 Å². The topological polar surface area (TPSA) is 66.5 Å². The van der Waals surface area contributed by atoms with E-state index in [1.165, 1.54) is 18.4 Å². The van der Waals surface area contributed by atoms with Crippen LogP contribution >= 0.6 is 0 Å². The minimum Gasteiger partial charge on any atom is -0.326 e. The summed E-state index contributed by atoms with van der Waals surface area (Å²) in [4.78, 5) is 12.3. The Labute approximate surface area is 126 Å². The third kappa shape index (κ3) is 3.11. The van der Waals surface area contributed by atoms with Crippen molar-refractivity contribution in [3.8, 4) is 0 Å². The van der Waals surface area contributed by atoms with E-state index in [4.69, 9.17) is 0 Å². The van der Waals surface area contributed by atoms with E-state index in [1.54, 1.807) is 12.1 Å². The Bertz CT molecular complexity index is 680. The highest BCUT2D eigenvalue weighted by Gasteiger charge is 2.39. The molecule has 0 aromatic heterocycles. The van der Waals surface area contributed by atoms with Crippen LogP contribution in [0.3, 0.4) is 0 Å². The molecule has 1 aliphatic rings. The van der Waals surface area contributed by atoms with Crippen molar-refractivity contribution in [1.82, 2.24) is 4.31 Å². The van der Waals surface area contributed by atoms with E-state index >= 15 is 0 Å². The Morgan fingerprint density at radius 1 is 1.29 bits per heavy atom. The molecule has 0 saturated heterocycles. The number of nitrogens with one attached hydrogen (secondary N) is 1. The van der Waals surface area contributed by atoms with Crippen molar-refractivity contribution in [3.63, 3.8) is 0 Å². The minimum atomic E-state index is -3.51. The highest BCUT2D eigenvalue weighted by molar-refractivity contribution is 7.89. The maximum Gasteiger partial charge on any atom is 0.242 e. The van der Waals surface area contributed by atoms with Gasteiger partial charge >= 0.3 is 0 Å². The number of benzene rings is 1. The van der Waals surface area contributed by atoms with Crippen LogP contribution in [0.25, 0.3) is 0 Å². The highest BCUT2D eigenvalue weighted by Crippen LogP contribution is 2.39. The number of sulfonamides is 1. The third-order valence-corrected chi connectivity index (χ3v) is 5.92. The van der Waals surface area contributed by atoms with Gasteiger partial charge in [0.15, 0.2) is 0 Å². The molecule has 2 atom stereocenters. The Morgan fingerprint density at radius 3 is 2.33 bits per heavy atom. The van der Waals surface area contributed by atoms with E-state index in [9.17, 15) is 13.2 Å². The molecule has 1 saturated carbocycles. The smallest absolute Gasteiger partial charge is 0.242 e. The molecule has 1 fully saturated rings. The Hall–Kier alpha value is -1.40. The minimum absolute atomic E-state index is 0.0237. The Balaban J connectivity index is 2.37. The Morgan fingerprint density at radius 2 is 1.86 bits per heavy atom. The van der Waals surface area contributed by atoms with Crippen molar-refractivity contribution in [2.24, 2.45) is 11.8 Å². The first-order valence-electron chi connectivity index (χ1n) is 6.99. The summed E-state index contributed by atoms with van der Waals surface area (Å²) in [6.07, 6.45) is 0.902. The van der Waals surface area contributed by atoms with Crippen LogP contribution in [0.2, 0.25) is 0 Å². The summed E-state index contributed by atoms with van der Waals surface area (Å²) in [5.74, 6) is 0.448. The lowest BCUT2D eigenvalue weighted by atomic mass is 10.1. The van der Waals surface area contributed by atoms with Crippen LogP contribution in [-0.4, -0.2) is 32.7 Å². The van der Waals surface area contributed by atoms with Gasteiger partial charge in [0.05, 0.1) is 4.90 Å². The maximum atomic E-state index is 12.2.